The monoisotopic (exact) mass is 215 g/mol. The highest BCUT2D eigenvalue weighted by Crippen LogP contribution is 2.25. The molecule has 0 saturated carbocycles. The summed E-state index contributed by atoms with van der Waals surface area (Å²) in [4.78, 5) is 4.22. The van der Waals surface area contributed by atoms with Gasteiger partial charge in [0.1, 0.15) is 11.5 Å². The molecule has 0 saturated heterocycles. The van der Waals surface area contributed by atoms with Gasteiger partial charge in [-0.2, -0.15) is 0 Å². The molecule has 1 heterocycles. The Labute approximate surface area is 94.3 Å². The highest BCUT2D eigenvalue weighted by molar-refractivity contribution is 5.38. The van der Waals surface area contributed by atoms with Crippen LogP contribution in [0.3, 0.4) is 0 Å². The predicted octanol–water partition coefficient (Wildman–Crippen LogP) is 3.20. The number of phenols is 1. The molecule has 3 nitrogen and oxygen atoms in total. The molecule has 16 heavy (non-hydrogen) atoms. The van der Waals surface area contributed by atoms with Gasteiger partial charge in [-0.1, -0.05) is 6.07 Å². The molecule has 1 N–H and O–H groups in total. The lowest BCUT2D eigenvalue weighted by molar-refractivity contribution is 0.444. The Bertz CT molecular complexity index is 489. The number of aryl methyl sites for hydroxylation is 2. The molecule has 0 aliphatic heterocycles. The van der Waals surface area contributed by atoms with Crippen molar-refractivity contribution >= 4 is 0 Å². The molecular formula is C13H13NO2. The summed E-state index contributed by atoms with van der Waals surface area (Å²) in [6, 6.07) is 10.7. The predicted molar refractivity (Wildman–Crippen MR) is 61.9 cm³/mol. The summed E-state index contributed by atoms with van der Waals surface area (Å²) in [6.07, 6.45) is 0. The normalized spacial score (nSPS) is 10.1. The first-order valence-corrected chi connectivity index (χ1v) is 5.06. The van der Waals surface area contributed by atoms with Crippen molar-refractivity contribution in [3.05, 3.63) is 47.7 Å². The molecule has 1 aromatic carbocycles. The van der Waals surface area contributed by atoms with Crippen molar-refractivity contribution in [3.8, 4) is 17.4 Å². The number of hydrogen-bond acceptors (Lipinski definition) is 3. The van der Waals surface area contributed by atoms with E-state index in [4.69, 9.17) is 4.74 Å². The molecule has 82 valence electrons. The average molecular weight is 215 g/mol. The smallest absolute Gasteiger partial charge is 0.219 e. The van der Waals surface area contributed by atoms with E-state index in [1.54, 1.807) is 18.2 Å². The molecule has 0 spiro atoms. The zero-order valence-electron chi connectivity index (χ0n) is 9.27. The molecule has 2 aromatic rings. The van der Waals surface area contributed by atoms with Gasteiger partial charge in [-0.05, 0) is 37.6 Å². The zero-order valence-corrected chi connectivity index (χ0v) is 9.27. The lowest BCUT2D eigenvalue weighted by Gasteiger charge is -2.06. The minimum absolute atomic E-state index is 0.197. The quantitative estimate of drug-likeness (QED) is 0.836. The van der Waals surface area contributed by atoms with E-state index in [1.165, 1.54) is 0 Å². The summed E-state index contributed by atoms with van der Waals surface area (Å²) in [5.74, 6) is 1.32. The fourth-order valence-corrected chi connectivity index (χ4v) is 1.48. The largest absolute Gasteiger partial charge is 0.508 e. The molecule has 2 rings (SSSR count). The van der Waals surface area contributed by atoms with Crippen molar-refractivity contribution in [2.75, 3.05) is 0 Å². The summed E-state index contributed by atoms with van der Waals surface area (Å²) in [5, 5.41) is 9.43. The van der Waals surface area contributed by atoms with E-state index in [0.29, 0.717) is 11.6 Å². The summed E-state index contributed by atoms with van der Waals surface area (Å²) >= 11 is 0. The summed E-state index contributed by atoms with van der Waals surface area (Å²) < 4.78 is 5.55. The van der Waals surface area contributed by atoms with Crippen LogP contribution in [0.25, 0.3) is 0 Å². The van der Waals surface area contributed by atoms with Crippen LogP contribution in [0, 0.1) is 13.8 Å². The second kappa shape index (κ2) is 4.23. The molecule has 0 radical (unpaired) electrons. The maximum atomic E-state index is 9.43. The molecular weight excluding hydrogens is 202 g/mol. The maximum absolute atomic E-state index is 9.43. The Hall–Kier alpha value is -2.03. The number of pyridine rings is 1. The standard InChI is InChI=1S/C13H13NO2/c1-9-6-11(15)8-12(7-9)16-13-5-3-4-10(2)14-13/h3-8,15H,1-2H3. The van der Waals surface area contributed by atoms with Crippen molar-refractivity contribution < 1.29 is 9.84 Å². The highest BCUT2D eigenvalue weighted by atomic mass is 16.5. The molecule has 0 fully saturated rings. The summed E-state index contributed by atoms with van der Waals surface area (Å²) in [6.45, 7) is 3.80. The van der Waals surface area contributed by atoms with Gasteiger partial charge in [-0.15, -0.1) is 0 Å². The number of aromatic nitrogens is 1. The minimum Gasteiger partial charge on any atom is -0.508 e. The van der Waals surface area contributed by atoms with Gasteiger partial charge in [-0.3, -0.25) is 0 Å². The first-order valence-electron chi connectivity index (χ1n) is 5.06. The van der Waals surface area contributed by atoms with Gasteiger partial charge in [-0.25, -0.2) is 4.98 Å². The molecule has 0 unspecified atom stereocenters. The summed E-state index contributed by atoms with van der Waals surface area (Å²) in [7, 11) is 0. The van der Waals surface area contributed by atoms with Crippen LogP contribution < -0.4 is 4.74 Å². The van der Waals surface area contributed by atoms with Crippen molar-refractivity contribution in [2.45, 2.75) is 13.8 Å². The molecule has 0 aliphatic carbocycles. The Morgan fingerprint density at radius 3 is 2.62 bits per heavy atom. The Morgan fingerprint density at radius 1 is 1.12 bits per heavy atom. The van der Waals surface area contributed by atoms with Crippen LogP contribution >= 0.6 is 0 Å². The van der Waals surface area contributed by atoms with E-state index < -0.39 is 0 Å². The van der Waals surface area contributed by atoms with Crippen LogP contribution in [0.15, 0.2) is 36.4 Å². The average Bonchev–Trinajstić information content (AvgIpc) is 2.15. The lowest BCUT2D eigenvalue weighted by Crippen LogP contribution is -1.89. The van der Waals surface area contributed by atoms with Gasteiger partial charge in [0.05, 0.1) is 0 Å². The second-order valence-corrected chi connectivity index (χ2v) is 3.72. The van der Waals surface area contributed by atoms with E-state index in [-0.39, 0.29) is 5.75 Å². The number of aromatic hydroxyl groups is 1. The number of hydrogen-bond donors (Lipinski definition) is 1. The van der Waals surface area contributed by atoms with E-state index in [2.05, 4.69) is 4.98 Å². The van der Waals surface area contributed by atoms with Gasteiger partial charge in [0.2, 0.25) is 5.88 Å². The first-order chi connectivity index (χ1) is 7.63. The highest BCUT2D eigenvalue weighted by Gasteiger charge is 2.01. The Morgan fingerprint density at radius 2 is 1.94 bits per heavy atom. The van der Waals surface area contributed by atoms with E-state index in [1.807, 2.05) is 32.0 Å². The molecule has 3 heteroatoms. The van der Waals surface area contributed by atoms with Crippen LogP contribution in [0.1, 0.15) is 11.3 Å². The molecule has 0 bridgehead atoms. The third-order valence-electron chi connectivity index (χ3n) is 2.12. The van der Waals surface area contributed by atoms with Crippen LogP contribution in [0.4, 0.5) is 0 Å². The number of ether oxygens (including phenoxy) is 1. The lowest BCUT2D eigenvalue weighted by atomic mass is 10.2. The Kier molecular flexibility index (Phi) is 2.77. The fraction of sp³-hybridized carbons (Fsp3) is 0.154. The van der Waals surface area contributed by atoms with Crippen LogP contribution in [0.5, 0.6) is 17.4 Å². The van der Waals surface area contributed by atoms with Gasteiger partial charge < -0.3 is 9.84 Å². The molecule has 0 amide bonds. The number of benzene rings is 1. The minimum atomic E-state index is 0.197. The number of phenolic OH excluding ortho intramolecular Hbond substituents is 1. The van der Waals surface area contributed by atoms with Crippen molar-refractivity contribution in [2.24, 2.45) is 0 Å². The van der Waals surface area contributed by atoms with Gasteiger partial charge in [0.25, 0.3) is 0 Å². The van der Waals surface area contributed by atoms with Crippen molar-refractivity contribution in [1.82, 2.24) is 4.98 Å². The topological polar surface area (TPSA) is 42.4 Å². The van der Waals surface area contributed by atoms with Crippen LogP contribution in [-0.2, 0) is 0 Å². The number of rotatable bonds is 2. The maximum Gasteiger partial charge on any atom is 0.219 e. The third-order valence-corrected chi connectivity index (χ3v) is 2.12. The fourth-order valence-electron chi connectivity index (χ4n) is 1.48. The van der Waals surface area contributed by atoms with Crippen LogP contribution in [0.2, 0.25) is 0 Å². The van der Waals surface area contributed by atoms with Gasteiger partial charge in [0.15, 0.2) is 0 Å². The second-order valence-electron chi connectivity index (χ2n) is 3.72. The zero-order chi connectivity index (χ0) is 11.5. The van der Waals surface area contributed by atoms with Gasteiger partial charge >= 0.3 is 0 Å². The molecule has 0 aliphatic rings. The first kappa shape index (κ1) is 10.5. The van der Waals surface area contributed by atoms with Gasteiger partial charge in [0, 0.05) is 17.8 Å². The van der Waals surface area contributed by atoms with E-state index in [9.17, 15) is 5.11 Å². The van der Waals surface area contributed by atoms with Crippen molar-refractivity contribution in [1.29, 1.82) is 0 Å². The van der Waals surface area contributed by atoms with Crippen molar-refractivity contribution in [3.63, 3.8) is 0 Å². The Balaban J connectivity index is 2.27. The SMILES string of the molecule is Cc1cc(O)cc(Oc2cccc(C)n2)c1. The third kappa shape index (κ3) is 2.51. The number of nitrogens with zero attached hydrogens (tertiary/aromatic N) is 1. The summed E-state index contributed by atoms with van der Waals surface area (Å²) in [5.41, 5.74) is 1.84. The molecule has 0 atom stereocenters. The van der Waals surface area contributed by atoms with Crippen LogP contribution in [-0.4, -0.2) is 10.1 Å². The van der Waals surface area contributed by atoms with E-state index in [0.717, 1.165) is 11.3 Å². The molecule has 1 aromatic heterocycles. The van der Waals surface area contributed by atoms with E-state index >= 15 is 0 Å².